The van der Waals surface area contributed by atoms with Crippen LogP contribution in [0, 0.1) is 11.8 Å². The minimum Gasteiger partial charge on any atom is -0.271 e. The van der Waals surface area contributed by atoms with Crippen LogP contribution in [0.5, 0.6) is 0 Å². The quantitative estimate of drug-likeness (QED) is 0.438. The van der Waals surface area contributed by atoms with E-state index >= 15 is 0 Å². The van der Waals surface area contributed by atoms with Crippen molar-refractivity contribution in [3.05, 3.63) is 0 Å². The van der Waals surface area contributed by atoms with Gasteiger partial charge in [-0.25, -0.2) is 0 Å². The van der Waals surface area contributed by atoms with Gasteiger partial charge in [0.2, 0.25) is 0 Å². The second-order valence-corrected chi connectivity index (χ2v) is 6.61. The zero-order chi connectivity index (χ0) is 12.6. The molecule has 18 heavy (non-hydrogen) atoms. The van der Waals surface area contributed by atoms with E-state index < -0.39 is 0 Å². The molecule has 1 unspecified atom stereocenters. The maximum atomic E-state index is 5.82. The first-order valence-electron chi connectivity index (χ1n) is 8.36. The molecule has 0 aromatic rings. The molecule has 3 N–H and O–H groups in total. The fourth-order valence-corrected chi connectivity index (χ4v) is 4.06. The molecule has 0 spiro atoms. The van der Waals surface area contributed by atoms with Gasteiger partial charge in [-0.05, 0) is 37.5 Å². The van der Waals surface area contributed by atoms with Gasteiger partial charge in [-0.1, -0.05) is 57.8 Å². The highest BCUT2D eigenvalue weighted by Gasteiger charge is 2.23. The summed E-state index contributed by atoms with van der Waals surface area (Å²) in [5.41, 5.74) is 3.14. The van der Waals surface area contributed by atoms with E-state index in [1.807, 2.05) is 0 Å². The van der Waals surface area contributed by atoms with Gasteiger partial charge in [0.05, 0.1) is 0 Å². The average Bonchev–Trinajstić information content (AvgIpc) is 2.70. The van der Waals surface area contributed by atoms with Gasteiger partial charge in [0.25, 0.3) is 0 Å². The van der Waals surface area contributed by atoms with Crippen LogP contribution >= 0.6 is 0 Å². The molecule has 0 heterocycles. The summed E-state index contributed by atoms with van der Waals surface area (Å²) >= 11 is 0. The first-order chi connectivity index (χ1) is 8.90. The lowest BCUT2D eigenvalue weighted by Gasteiger charge is -2.28. The monoisotopic (exact) mass is 252 g/mol. The molecule has 0 saturated heterocycles. The molecule has 0 aromatic heterocycles. The molecular weight excluding hydrogens is 220 g/mol. The zero-order valence-corrected chi connectivity index (χ0v) is 12.0. The maximum absolute atomic E-state index is 5.82. The summed E-state index contributed by atoms with van der Waals surface area (Å²) in [5.74, 6) is 7.67. The van der Waals surface area contributed by atoms with Crippen molar-refractivity contribution in [2.24, 2.45) is 17.7 Å². The summed E-state index contributed by atoms with van der Waals surface area (Å²) < 4.78 is 0. The molecule has 2 fully saturated rings. The van der Waals surface area contributed by atoms with Crippen molar-refractivity contribution in [1.82, 2.24) is 5.43 Å². The van der Waals surface area contributed by atoms with Gasteiger partial charge in [0.1, 0.15) is 0 Å². The van der Waals surface area contributed by atoms with Gasteiger partial charge >= 0.3 is 0 Å². The molecule has 2 rings (SSSR count). The Morgan fingerprint density at radius 1 is 0.833 bits per heavy atom. The van der Waals surface area contributed by atoms with Crippen molar-refractivity contribution < 1.29 is 0 Å². The first kappa shape index (κ1) is 14.3. The van der Waals surface area contributed by atoms with E-state index in [1.54, 1.807) is 0 Å². The van der Waals surface area contributed by atoms with Crippen LogP contribution in [-0.4, -0.2) is 6.04 Å². The third-order valence-electron chi connectivity index (χ3n) is 5.29. The number of rotatable bonds is 5. The smallest absolute Gasteiger partial charge is 0.0238 e. The maximum Gasteiger partial charge on any atom is 0.0238 e. The summed E-state index contributed by atoms with van der Waals surface area (Å²) in [4.78, 5) is 0. The van der Waals surface area contributed by atoms with Crippen molar-refractivity contribution in [3.63, 3.8) is 0 Å². The Morgan fingerprint density at radius 2 is 1.39 bits per heavy atom. The Kier molecular flexibility index (Phi) is 6.50. The lowest BCUT2D eigenvalue weighted by molar-refractivity contribution is 0.262. The van der Waals surface area contributed by atoms with Gasteiger partial charge in [-0.3, -0.25) is 11.3 Å². The van der Waals surface area contributed by atoms with E-state index in [1.165, 1.54) is 83.5 Å². The van der Waals surface area contributed by atoms with Crippen molar-refractivity contribution in [3.8, 4) is 0 Å². The predicted molar refractivity (Wildman–Crippen MR) is 78.1 cm³/mol. The standard InChI is InChI=1S/C16H32N2/c17-18-16(15-10-6-1-2-7-11-15)13-12-14-8-4-3-5-9-14/h14-16,18H,1-13,17H2. The minimum atomic E-state index is 0.588. The Bertz CT molecular complexity index is 203. The van der Waals surface area contributed by atoms with Crippen LogP contribution in [0.4, 0.5) is 0 Å². The van der Waals surface area contributed by atoms with Crippen LogP contribution in [-0.2, 0) is 0 Å². The van der Waals surface area contributed by atoms with Gasteiger partial charge in [0.15, 0.2) is 0 Å². The van der Waals surface area contributed by atoms with Gasteiger partial charge in [-0.15, -0.1) is 0 Å². The Hall–Kier alpha value is -0.0800. The lowest BCUT2D eigenvalue weighted by atomic mass is 9.82. The van der Waals surface area contributed by atoms with E-state index in [9.17, 15) is 0 Å². The lowest BCUT2D eigenvalue weighted by Crippen LogP contribution is -2.41. The zero-order valence-electron chi connectivity index (χ0n) is 12.0. The number of nitrogens with one attached hydrogen (secondary N) is 1. The molecule has 2 nitrogen and oxygen atoms in total. The number of hydrogen-bond acceptors (Lipinski definition) is 2. The summed E-state index contributed by atoms with van der Waals surface area (Å²) in [6, 6.07) is 0.588. The highest BCUT2D eigenvalue weighted by molar-refractivity contribution is 4.78. The molecule has 2 aliphatic carbocycles. The SMILES string of the molecule is NNC(CCC1CCCCC1)C1CCCCCC1. The number of hydrazine groups is 1. The molecule has 0 aromatic carbocycles. The van der Waals surface area contributed by atoms with E-state index in [2.05, 4.69) is 5.43 Å². The average molecular weight is 252 g/mol. The first-order valence-corrected chi connectivity index (χ1v) is 8.36. The second-order valence-electron chi connectivity index (χ2n) is 6.61. The summed E-state index contributed by atoms with van der Waals surface area (Å²) in [6.45, 7) is 0. The van der Waals surface area contributed by atoms with Crippen molar-refractivity contribution in [2.45, 2.75) is 89.5 Å². The summed E-state index contributed by atoms with van der Waals surface area (Å²) in [5, 5.41) is 0. The molecule has 2 saturated carbocycles. The molecule has 0 amide bonds. The molecule has 0 aliphatic heterocycles. The Morgan fingerprint density at radius 3 is 2.00 bits per heavy atom. The highest BCUT2D eigenvalue weighted by atomic mass is 15.2. The summed E-state index contributed by atoms with van der Waals surface area (Å²) in [7, 11) is 0. The number of hydrogen-bond donors (Lipinski definition) is 2. The second kappa shape index (κ2) is 8.16. The highest BCUT2D eigenvalue weighted by Crippen LogP contribution is 2.31. The fourth-order valence-electron chi connectivity index (χ4n) is 4.06. The molecule has 2 aliphatic rings. The van der Waals surface area contributed by atoms with E-state index in [0.29, 0.717) is 6.04 Å². The minimum absolute atomic E-state index is 0.588. The van der Waals surface area contributed by atoms with Crippen LogP contribution < -0.4 is 11.3 Å². The van der Waals surface area contributed by atoms with Crippen molar-refractivity contribution >= 4 is 0 Å². The third kappa shape index (κ3) is 4.55. The van der Waals surface area contributed by atoms with Crippen LogP contribution in [0.2, 0.25) is 0 Å². The van der Waals surface area contributed by atoms with Crippen LogP contribution in [0.15, 0.2) is 0 Å². The fraction of sp³-hybridized carbons (Fsp3) is 1.00. The van der Waals surface area contributed by atoms with Crippen LogP contribution in [0.3, 0.4) is 0 Å². The van der Waals surface area contributed by atoms with E-state index in [4.69, 9.17) is 5.84 Å². The van der Waals surface area contributed by atoms with E-state index in [0.717, 1.165) is 11.8 Å². The van der Waals surface area contributed by atoms with Gasteiger partial charge in [-0.2, -0.15) is 0 Å². The molecular formula is C16H32N2. The van der Waals surface area contributed by atoms with Gasteiger partial charge < -0.3 is 0 Å². The number of nitrogens with two attached hydrogens (primary N) is 1. The normalized spacial score (nSPS) is 25.8. The van der Waals surface area contributed by atoms with Crippen molar-refractivity contribution in [2.75, 3.05) is 0 Å². The largest absolute Gasteiger partial charge is 0.271 e. The predicted octanol–water partition coefficient (Wildman–Crippen LogP) is 4.15. The summed E-state index contributed by atoms with van der Waals surface area (Å²) in [6.07, 6.45) is 18.6. The van der Waals surface area contributed by atoms with Crippen molar-refractivity contribution in [1.29, 1.82) is 0 Å². The molecule has 0 radical (unpaired) electrons. The Balaban J connectivity index is 1.72. The molecule has 1 atom stereocenters. The van der Waals surface area contributed by atoms with Crippen LogP contribution in [0.25, 0.3) is 0 Å². The van der Waals surface area contributed by atoms with Gasteiger partial charge in [0, 0.05) is 6.04 Å². The molecule has 106 valence electrons. The van der Waals surface area contributed by atoms with Crippen LogP contribution in [0.1, 0.15) is 83.5 Å². The molecule has 0 bridgehead atoms. The molecule has 2 heteroatoms. The third-order valence-corrected chi connectivity index (χ3v) is 5.29. The Labute approximate surface area is 113 Å². The van der Waals surface area contributed by atoms with E-state index in [-0.39, 0.29) is 0 Å². The topological polar surface area (TPSA) is 38.0 Å².